The van der Waals surface area contributed by atoms with E-state index in [0.717, 1.165) is 16.7 Å². The van der Waals surface area contributed by atoms with Crippen LogP contribution in [0, 0.1) is 0 Å². The van der Waals surface area contributed by atoms with Gasteiger partial charge in [-0.1, -0.05) is 29.4 Å². The molecule has 3 aromatic rings. The lowest BCUT2D eigenvalue weighted by molar-refractivity contribution is 0.0849. The quantitative estimate of drug-likeness (QED) is 0.771. The number of benzene rings is 1. The Balaban J connectivity index is 1.54. The first-order chi connectivity index (χ1) is 11.7. The third-order valence-electron chi connectivity index (χ3n) is 4.20. The van der Waals surface area contributed by atoms with Gasteiger partial charge in [-0.2, -0.15) is 0 Å². The molecular formula is C18H15N3O3. The summed E-state index contributed by atoms with van der Waals surface area (Å²) >= 11 is 0. The summed E-state index contributed by atoms with van der Waals surface area (Å²) in [4.78, 5) is 16.4. The molecule has 2 N–H and O–H groups in total. The number of pyridine rings is 1. The highest BCUT2D eigenvalue weighted by Gasteiger charge is 2.32. The molecule has 0 aliphatic heterocycles. The molecule has 0 spiro atoms. The van der Waals surface area contributed by atoms with E-state index in [4.69, 9.17) is 4.52 Å². The van der Waals surface area contributed by atoms with Gasteiger partial charge in [-0.15, -0.1) is 0 Å². The minimum absolute atomic E-state index is 0.179. The van der Waals surface area contributed by atoms with Gasteiger partial charge < -0.3 is 14.9 Å². The van der Waals surface area contributed by atoms with E-state index in [9.17, 15) is 9.90 Å². The second-order valence-electron chi connectivity index (χ2n) is 5.73. The molecule has 2 unspecified atom stereocenters. The minimum atomic E-state index is -0.641. The second kappa shape index (κ2) is 5.90. The Morgan fingerprint density at radius 3 is 2.83 bits per heavy atom. The fourth-order valence-electron chi connectivity index (χ4n) is 3.00. The molecule has 0 bridgehead atoms. The SMILES string of the molecule is O=C(NC1c2ccccc2CC1O)c1cc(-c2ccncc2)on1. The Bertz CT molecular complexity index is 876. The van der Waals surface area contributed by atoms with Crippen LogP contribution in [0.2, 0.25) is 0 Å². The summed E-state index contributed by atoms with van der Waals surface area (Å²) in [6, 6.07) is 12.4. The van der Waals surface area contributed by atoms with Crippen molar-refractivity contribution < 1.29 is 14.4 Å². The van der Waals surface area contributed by atoms with Crippen molar-refractivity contribution in [3.8, 4) is 11.3 Å². The topological polar surface area (TPSA) is 88.2 Å². The Labute approximate surface area is 138 Å². The maximum atomic E-state index is 12.4. The van der Waals surface area contributed by atoms with Crippen molar-refractivity contribution in [1.82, 2.24) is 15.5 Å². The molecule has 1 aromatic carbocycles. The lowest BCUT2D eigenvalue weighted by Gasteiger charge is -2.16. The van der Waals surface area contributed by atoms with E-state index in [1.54, 1.807) is 30.6 Å². The van der Waals surface area contributed by atoms with Crippen LogP contribution in [-0.2, 0) is 6.42 Å². The number of nitrogens with one attached hydrogen (secondary N) is 1. The number of nitrogens with zero attached hydrogens (tertiary/aromatic N) is 2. The number of rotatable bonds is 3. The van der Waals surface area contributed by atoms with E-state index in [2.05, 4.69) is 15.5 Å². The number of aliphatic hydroxyl groups excluding tert-OH is 1. The third-order valence-corrected chi connectivity index (χ3v) is 4.20. The zero-order chi connectivity index (χ0) is 16.5. The van der Waals surface area contributed by atoms with Gasteiger partial charge in [-0.05, 0) is 23.3 Å². The molecule has 1 amide bonds. The van der Waals surface area contributed by atoms with Crippen molar-refractivity contribution in [2.24, 2.45) is 0 Å². The van der Waals surface area contributed by atoms with E-state index in [0.29, 0.717) is 12.2 Å². The zero-order valence-electron chi connectivity index (χ0n) is 12.7. The molecule has 0 saturated carbocycles. The van der Waals surface area contributed by atoms with Crippen molar-refractivity contribution in [2.45, 2.75) is 18.6 Å². The van der Waals surface area contributed by atoms with Gasteiger partial charge in [0.05, 0.1) is 12.1 Å². The van der Waals surface area contributed by atoms with Gasteiger partial charge in [0.1, 0.15) is 0 Å². The average Bonchev–Trinajstić information content (AvgIpc) is 3.21. The lowest BCUT2D eigenvalue weighted by Crippen LogP contribution is -2.34. The first-order valence-electron chi connectivity index (χ1n) is 7.66. The van der Waals surface area contributed by atoms with E-state index >= 15 is 0 Å². The number of amides is 1. The van der Waals surface area contributed by atoms with Gasteiger partial charge in [0.25, 0.3) is 5.91 Å². The predicted octanol–water partition coefficient (Wildman–Crippen LogP) is 2.12. The molecule has 6 nitrogen and oxygen atoms in total. The highest BCUT2D eigenvalue weighted by molar-refractivity contribution is 5.93. The molecule has 120 valence electrons. The van der Waals surface area contributed by atoms with Crippen LogP contribution in [-0.4, -0.2) is 27.3 Å². The third kappa shape index (κ3) is 2.57. The summed E-state index contributed by atoms with van der Waals surface area (Å²) in [5, 5.41) is 16.9. The molecule has 4 rings (SSSR count). The molecular weight excluding hydrogens is 306 g/mol. The normalized spacial score (nSPS) is 19.0. The second-order valence-corrected chi connectivity index (χ2v) is 5.73. The van der Waals surface area contributed by atoms with Crippen LogP contribution >= 0.6 is 0 Å². The van der Waals surface area contributed by atoms with Gasteiger partial charge in [0.15, 0.2) is 11.5 Å². The monoisotopic (exact) mass is 321 g/mol. The van der Waals surface area contributed by atoms with Crippen molar-refractivity contribution in [3.63, 3.8) is 0 Å². The van der Waals surface area contributed by atoms with Gasteiger partial charge >= 0.3 is 0 Å². The fraction of sp³-hybridized carbons (Fsp3) is 0.167. The average molecular weight is 321 g/mol. The van der Waals surface area contributed by atoms with Gasteiger partial charge in [0.2, 0.25) is 0 Å². The number of aliphatic hydroxyl groups is 1. The molecule has 2 heterocycles. The fourth-order valence-corrected chi connectivity index (χ4v) is 3.00. The lowest BCUT2D eigenvalue weighted by atomic mass is 10.1. The summed E-state index contributed by atoms with van der Waals surface area (Å²) in [6.45, 7) is 0. The van der Waals surface area contributed by atoms with E-state index < -0.39 is 12.1 Å². The molecule has 1 aliphatic carbocycles. The molecule has 2 atom stereocenters. The smallest absolute Gasteiger partial charge is 0.274 e. The molecule has 6 heteroatoms. The molecule has 0 saturated heterocycles. The largest absolute Gasteiger partial charge is 0.390 e. The Hall–Kier alpha value is -2.99. The van der Waals surface area contributed by atoms with Crippen LogP contribution in [0.15, 0.2) is 59.4 Å². The summed E-state index contributed by atoms with van der Waals surface area (Å²) in [6.07, 6.45) is 3.17. The van der Waals surface area contributed by atoms with E-state index in [-0.39, 0.29) is 11.6 Å². The summed E-state index contributed by atoms with van der Waals surface area (Å²) in [7, 11) is 0. The zero-order valence-corrected chi connectivity index (χ0v) is 12.7. The van der Waals surface area contributed by atoms with Crippen LogP contribution < -0.4 is 5.32 Å². The van der Waals surface area contributed by atoms with Crippen LogP contribution in [0.1, 0.15) is 27.7 Å². The molecule has 0 fully saturated rings. The molecule has 24 heavy (non-hydrogen) atoms. The molecule has 1 aliphatic rings. The van der Waals surface area contributed by atoms with Crippen molar-refractivity contribution in [3.05, 3.63) is 71.7 Å². The summed E-state index contributed by atoms with van der Waals surface area (Å²) < 4.78 is 5.23. The van der Waals surface area contributed by atoms with Gasteiger partial charge in [-0.3, -0.25) is 9.78 Å². The number of aromatic nitrogens is 2. The summed E-state index contributed by atoms with van der Waals surface area (Å²) in [5.74, 6) is 0.120. The number of fused-ring (bicyclic) bond motifs is 1. The summed E-state index contributed by atoms with van der Waals surface area (Å²) in [5.41, 5.74) is 2.96. The first-order valence-corrected chi connectivity index (χ1v) is 7.66. The number of hydrogen-bond donors (Lipinski definition) is 2. The predicted molar refractivity (Wildman–Crippen MR) is 86.1 cm³/mol. The highest BCUT2D eigenvalue weighted by atomic mass is 16.5. The Kier molecular flexibility index (Phi) is 3.59. The maximum Gasteiger partial charge on any atom is 0.274 e. The van der Waals surface area contributed by atoms with Crippen LogP contribution in [0.5, 0.6) is 0 Å². The van der Waals surface area contributed by atoms with E-state index in [1.165, 1.54) is 0 Å². The Morgan fingerprint density at radius 1 is 1.21 bits per heavy atom. The molecule has 2 aromatic heterocycles. The first kappa shape index (κ1) is 14.6. The van der Waals surface area contributed by atoms with Crippen molar-refractivity contribution in [1.29, 1.82) is 0 Å². The highest BCUT2D eigenvalue weighted by Crippen LogP contribution is 2.31. The van der Waals surface area contributed by atoms with Crippen molar-refractivity contribution >= 4 is 5.91 Å². The van der Waals surface area contributed by atoms with Gasteiger partial charge in [0, 0.05) is 30.4 Å². The van der Waals surface area contributed by atoms with Gasteiger partial charge in [-0.25, -0.2) is 0 Å². The van der Waals surface area contributed by atoms with Crippen LogP contribution in [0.4, 0.5) is 0 Å². The maximum absolute atomic E-state index is 12.4. The molecule has 0 radical (unpaired) electrons. The number of carbonyl (C=O) groups is 1. The number of hydrogen-bond acceptors (Lipinski definition) is 5. The standard InChI is InChI=1S/C18H15N3O3/c22-15-9-12-3-1-2-4-13(12)17(15)20-18(23)14-10-16(24-21-14)11-5-7-19-8-6-11/h1-8,10,15,17,22H,9H2,(H,20,23). The number of carbonyl (C=O) groups excluding carboxylic acids is 1. The Morgan fingerprint density at radius 2 is 2.00 bits per heavy atom. The van der Waals surface area contributed by atoms with Crippen LogP contribution in [0.3, 0.4) is 0 Å². The minimum Gasteiger partial charge on any atom is -0.390 e. The van der Waals surface area contributed by atoms with Crippen molar-refractivity contribution in [2.75, 3.05) is 0 Å². The van der Waals surface area contributed by atoms with Crippen LogP contribution in [0.25, 0.3) is 11.3 Å². The van der Waals surface area contributed by atoms with E-state index in [1.807, 2.05) is 24.3 Å².